The number of nitrogens with zero attached hydrogens (tertiary/aromatic N) is 1. The van der Waals surface area contributed by atoms with Gasteiger partial charge in [0.05, 0.1) is 17.7 Å². The molecular weight excluding hydrogens is 412 g/mol. The number of nitrogens with one attached hydrogen (secondary N) is 3. The highest BCUT2D eigenvalue weighted by Crippen LogP contribution is 2.20. The minimum atomic E-state index is -0.877. The molecule has 0 aliphatic heterocycles. The summed E-state index contributed by atoms with van der Waals surface area (Å²) in [7, 11) is 1.55. The molecule has 162 valence electrons. The molecule has 0 aliphatic rings. The van der Waals surface area contributed by atoms with Crippen LogP contribution >= 0.6 is 11.6 Å². The third kappa shape index (κ3) is 6.70. The molecule has 1 aromatic heterocycles. The highest BCUT2D eigenvalue weighted by Gasteiger charge is 2.22. The predicted octanol–water partition coefficient (Wildman–Crippen LogP) is 3.39. The lowest BCUT2D eigenvalue weighted by Gasteiger charge is -2.21. The number of alkyl carbamates (subject to hydrolysis) is 1. The Morgan fingerprint density at radius 1 is 1.10 bits per heavy atom. The van der Waals surface area contributed by atoms with Crippen LogP contribution in [0.2, 0.25) is 5.02 Å². The van der Waals surface area contributed by atoms with Gasteiger partial charge in [-0.05, 0) is 52.0 Å². The van der Waals surface area contributed by atoms with E-state index in [1.165, 1.54) is 24.0 Å². The fraction of sp³-hybridized carbons (Fsp3) is 0.350. The monoisotopic (exact) mass is 436 g/mol. The zero-order chi connectivity index (χ0) is 22.5. The number of ether oxygens (including phenoxy) is 2. The van der Waals surface area contributed by atoms with Gasteiger partial charge >= 0.3 is 6.09 Å². The van der Waals surface area contributed by atoms with Gasteiger partial charge in [-0.15, -0.1) is 0 Å². The SMILES string of the molecule is COc1ccc(NC(=O)c2cn(NC(=O)[C@H](C)NC(=O)OC(C)(C)C)cc2Cl)cc1. The third-order valence-corrected chi connectivity index (χ3v) is 4.04. The lowest BCUT2D eigenvalue weighted by atomic mass is 10.2. The maximum Gasteiger partial charge on any atom is 0.408 e. The van der Waals surface area contributed by atoms with Crippen molar-refractivity contribution in [3.63, 3.8) is 0 Å². The Balaban J connectivity index is 1.98. The molecule has 0 unspecified atom stereocenters. The maximum absolute atomic E-state index is 12.5. The zero-order valence-corrected chi connectivity index (χ0v) is 18.2. The number of methoxy groups -OCH3 is 1. The van der Waals surface area contributed by atoms with Crippen molar-refractivity contribution in [3.8, 4) is 5.75 Å². The quantitative estimate of drug-likeness (QED) is 0.642. The number of amides is 3. The standard InChI is InChI=1S/C20H25ClN4O5/c1-12(22-19(28)30-20(2,3)4)17(26)24-25-10-15(16(21)11-25)18(27)23-13-6-8-14(29-5)9-7-13/h6-12H,1-5H3,(H,22,28)(H,23,27)(H,24,26)/t12-/m0/s1. The van der Waals surface area contributed by atoms with Crippen molar-refractivity contribution in [1.29, 1.82) is 0 Å². The van der Waals surface area contributed by atoms with Gasteiger partial charge in [-0.1, -0.05) is 11.6 Å². The number of halogens is 1. The van der Waals surface area contributed by atoms with E-state index in [1.54, 1.807) is 52.1 Å². The van der Waals surface area contributed by atoms with Crippen LogP contribution in [0.25, 0.3) is 0 Å². The molecule has 0 spiro atoms. The van der Waals surface area contributed by atoms with Crippen LogP contribution < -0.4 is 20.8 Å². The number of anilines is 1. The number of hydrogen-bond acceptors (Lipinski definition) is 5. The Morgan fingerprint density at radius 2 is 1.73 bits per heavy atom. The topological polar surface area (TPSA) is 111 Å². The molecule has 0 saturated carbocycles. The van der Waals surface area contributed by atoms with Gasteiger partial charge in [0.25, 0.3) is 11.8 Å². The van der Waals surface area contributed by atoms with E-state index in [2.05, 4.69) is 16.1 Å². The molecule has 3 amide bonds. The predicted molar refractivity (Wildman–Crippen MR) is 114 cm³/mol. The molecule has 0 bridgehead atoms. The largest absolute Gasteiger partial charge is 0.497 e. The van der Waals surface area contributed by atoms with Crippen molar-refractivity contribution in [2.24, 2.45) is 0 Å². The summed E-state index contributed by atoms with van der Waals surface area (Å²) in [6, 6.07) is 5.92. The summed E-state index contributed by atoms with van der Waals surface area (Å²) in [5.74, 6) is -0.304. The highest BCUT2D eigenvalue weighted by atomic mass is 35.5. The molecule has 10 heteroatoms. The lowest BCUT2D eigenvalue weighted by Crippen LogP contribution is -2.45. The first-order chi connectivity index (χ1) is 14.0. The van der Waals surface area contributed by atoms with Crippen LogP contribution in [0.3, 0.4) is 0 Å². The van der Waals surface area contributed by atoms with E-state index in [9.17, 15) is 14.4 Å². The van der Waals surface area contributed by atoms with Crippen LogP contribution in [-0.2, 0) is 9.53 Å². The van der Waals surface area contributed by atoms with Gasteiger partial charge in [-0.25, -0.2) is 4.79 Å². The third-order valence-electron chi connectivity index (χ3n) is 3.74. The second-order valence-corrected chi connectivity index (χ2v) is 7.86. The Morgan fingerprint density at radius 3 is 2.30 bits per heavy atom. The Labute approximate surface area is 179 Å². The van der Waals surface area contributed by atoms with Gasteiger partial charge in [0.15, 0.2) is 0 Å². The van der Waals surface area contributed by atoms with E-state index in [1.807, 2.05) is 0 Å². The summed E-state index contributed by atoms with van der Waals surface area (Å²) in [5, 5.41) is 5.29. The first-order valence-corrected chi connectivity index (χ1v) is 9.49. The Kier molecular flexibility index (Phi) is 7.33. The maximum atomic E-state index is 12.5. The van der Waals surface area contributed by atoms with Crippen LogP contribution in [0.15, 0.2) is 36.7 Å². The molecule has 0 fully saturated rings. The molecule has 0 saturated heterocycles. The lowest BCUT2D eigenvalue weighted by molar-refractivity contribution is -0.118. The molecule has 1 atom stereocenters. The van der Waals surface area contributed by atoms with Crippen LogP contribution in [-0.4, -0.2) is 41.3 Å². The van der Waals surface area contributed by atoms with Gasteiger partial charge in [0, 0.05) is 18.1 Å². The van der Waals surface area contributed by atoms with E-state index in [0.717, 1.165) is 0 Å². The molecule has 9 nitrogen and oxygen atoms in total. The first-order valence-electron chi connectivity index (χ1n) is 9.12. The number of carbonyl (C=O) groups excluding carboxylic acids is 3. The van der Waals surface area contributed by atoms with Gasteiger partial charge in [0.1, 0.15) is 17.4 Å². The summed E-state index contributed by atoms with van der Waals surface area (Å²) in [5.41, 5.74) is 2.58. The molecule has 30 heavy (non-hydrogen) atoms. The van der Waals surface area contributed by atoms with Crippen LogP contribution in [0.5, 0.6) is 5.75 Å². The first kappa shape index (κ1) is 23.1. The molecule has 0 radical (unpaired) electrons. The van der Waals surface area contributed by atoms with E-state index >= 15 is 0 Å². The van der Waals surface area contributed by atoms with Crippen LogP contribution in [0.4, 0.5) is 10.5 Å². The summed E-state index contributed by atoms with van der Waals surface area (Å²) >= 11 is 6.13. The minimum Gasteiger partial charge on any atom is -0.497 e. The fourth-order valence-electron chi connectivity index (χ4n) is 2.31. The van der Waals surface area contributed by atoms with E-state index < -0.39 is 29.6 Å². The molecule has 3 N–H and O–H groups in total. The summed E-state index contributed by atoms with van der Waals surface area (Å²) in [6.07, 6.45) is 2.04. The Bertz CT molecular complexity index is 918. The number of benzene rings is 1. The zero-order valence-electron chi connectivity index (χ0n) is 17.4. The molecule has 1 heterocycles. The molecule has 2 aromatic rings. The normalized spacial score (nSPS) is 11.9. The number of rotatable bonds is 6. The summed E-state index contributed by atoms with van der Waals surface area (Å²) in [6.45, 7) is 6.66. The van der Waals surface area contributed by atoms with Gasteiger partial charge in [-0.2, -0.15) is 0 Å². The second-order valence-electron chi connectivity index (χ2n) is 7.45. The fourth-order valence-corrected chi connectivity index (χ4v) is 2.55. The van der Waals surface area contributed by atoms with Crippen molar-refractivity contribution in [1.82, 2.24) is 9.99 Å². The van der Waals surface area contributed by atoms with Crippen LogP contribution in [0.1, 0.15) is 38.1 Å². The van der Waals surface area contributed by atoms with Gasteiger partial charge in [0.2, 0.25) is 0 Å². The summed E-state index contributed by atoms with van der Waals surface area (Å²) in [4.78, 5) is 36.6. The van der Waals surface area contributed by atoms with Gasteiger partial charge in [-0.3, -0.25) is 19.7 Å². The average Bonchev–Trinajstić information content (AvgIpc) is 3.00. The summed E-state index contributed by atoms with van der Waals surface area (Å²) < 4.78 is 11.4. The van der Waals surface area contributed by atoms with Crippen LogP contribution in [0, 0.1) is 0 Å². The number of hydrogen-bond donors (Lipinski definition) is 3. The van der Waals surface area contributed by atoms with Crippen molar-refractivity contribution in [2.45, 2.75) is 39.3 Å². The smallest absolute Gasteiger partial charge is 0.408 e. The molecule has 1 aromatic carbocycles. The molecule has 2 rings (SSSR count). The van der Waals surface area contributed by atoms with E-state index in [-0.39, 0.29) is 10.6 Å². The molecular formula is C20H25ClN4O5. The van der Waals surface area contributed by atoms with E-state index in [0.29, 0.717) is 11.4 Å². The molecule has 0 aliphatic carbocycles. The van der Waals surface area contributed by atoms with Gasteiger partial charge < -0.3 is 20.1 Å². The van der Waals surface area contributed by atoms with Crippen molar-refractivity contribution < 1.29 is 23.9 Å². The second kappa shape index (κ2) is 9.53. The number of carbonyl (C=O) groups is 3. The van der Waals surface area contributed by atoms with Crippen molar-refractivity contribution in [3.05, 3.63) is 47.2 Å². The van der Waals surface area contributed by atoms with Crippen molar-refractivity contribution in [2.75, 3.05) is 17.9 Å². The number of aromatic nitrogens is 1. The minimum absolute atomic E-state index is 0.147. The highest BCUT2D eigenvalue weighted by molar-refractivity contribution is 6.34. The average molecular weight is 437 g/mol. The Hall–Kier alpha value is -3.20. The van der Waals surface area contributed by atoms with Crippen molar-refractivity contribution >= 4 is 35.2 Å². The van der Waals surface area contributed by atoms with E-state index in [4.69, 9.17) is 21.1 Å².